The number of hydrogen-bond acceptors (Lipinski definition) is 2. The molecule has 1 aliphatic heterocycles. The van der Waals surface area contributed by atoms with Crippen LogP contribution in [0.5, 0.6) is 0 Å². The number of nitrogens with zero attached hydrogens (tertiary/aromatic N) is 2. The van der Waals surface area contributed by atoms with Crippen LogP contribution in [-0.4, -0.2) is 15.8 Å². The summed E-state index contributed by atoms with van der Waals surface area (Å²) in [6.45, 7) is 2.18. The largest absolute Gasteiger partial charge is 0.332 e. The molecule has 3 rings (SSSR count). The van der Waals surface area contributed by atoms with Crippen LogP contribution in [0.3, 0.4) is 0 Å². The highest BCUT2D eigenvalue weighted by atomic mass is 16.1. The summed E-state index contributed by atoms with van der Waals surface area (Å²) in [5, 5.41) is 0. The van der Waals surface area contributed by atoms with E-state index >= 15 is 0 Å². The molecule has 0 aromatic carbocycles. The number of carbonyl (C=O) groups excluding carboxylic acids is 1. The van der Waals surface area contributed by atoms with Crippen molar-refractivity contribution in [3.05, 3.63) is 18.2 Å². The predicted octanol–water partition coefficient (Wildman–Crippen LogP) is 1.45. The van der Waals surface area contributed by atoms with E-state index in [4.69, 9.17) is 0 Å². The molecule has 1 fully saturated rings. The average Bonchev–Trinajstić information content (AvgIpc) is 2.57. The maximum Gasteiger partial charge on any atom is 0.123 e. The van der Waals surface area contributed by atoms with Gasteiger partial charge in [-0.15, -0.1) is 0 Å². The first kappa shape index (κ1) is 8.21. The maximum atomic E-state index is 10.8. The highest BCUT2D eigenvalue weighted by Crippen LogP contribution is 2.54. The van der Waals surface area contributed by atoms with Gasteiger partial charge in [0.25, 0.3) is 0 Å². The Hall–Kier alpha value is -1.12. The number of fused-ring (bicyclic) bond motifs is 1. The van der Waals surface area contributed by atoms with Gasteiger partial charge in [-0.25, -0.2) is 4.98 Å². The fourth-order valence-electron chi connectivity index (χ4n) is 2.98. The lowest BCUT2D eigenvalue weighted by atomic mass is 10.1. The van der Waals surface area contributed by atoms with Crippen molar-refractivity contribution in [2.24, 2.45) is 17.8 Å². The van der Waals surface area contributed by atoms with E-state index < -0.39 is 0 Å². The number of aromatic nitrogens is 2. The molecule has 0 radical (unpaired) electrons. The van der Waals surface area contributed by atoms with Crippen LogP contribution in [0.1, 0.15) is 25.2 Å². The van der Waals surface area contributed by atoms with Crippen LogP contribution < -0.4 is 0 Å². The van der Waals surface area contributed by atoms with Crippen LogP contribution in [-0.2, 0) is 11.2 Å². The second kappa shape index (κ2) is 2.69. The van der Waals surface area contributed by atoms with Crippen molar-refractivity contribution in [1.82, 2.24) is 9.55 Å². The Morgan fingerprint density at radius 3 is 3.21 bits per heavy atom. The average molecular weight is 190 g/mol. The van der Waals surface area contributed by atoms with Gasteiger partial charge in [0.2, 0.25) is 0 Å². The van der Waals surface area contributed by atoms with Gasteiger partial charge in [0.1, 0.15) is 12.1 Å². The van der Waals surface area contributed by atoms with Gasteiger partial charge < -0.3 is 9.36 Å². The Bertz CT molecular complexity index is 371. The standard InChI is InChI=1S/C11H14N2O/c1-7-8(6-14)11(7)9-2-3-10-12-4-5-13(9)10/h4-9,11H,2-3H2,1H3. The van der Waals surface area contributed by atoms with E-state index in [1.54, 1.807) is 0 Å². The number of hydrogen-bond donors (Lipinski definition) is 0. The van der Waals surface area contributed by atoms with Gasteiger partial charge in [-0.05, 0) is 18.3 Å². The fourth-order valence-corrected chi connectivity index (χ4v) is 2.98. The quantitative estimate of drug-likeness (QED) is 0.661. The number of carbonyl (C=O) groups is 1. The van der Waals surface area contributed by atoms with Crippen LogP contribution in [0.2, 0.25) is 0 Å². The second-order valence-corrected chi connectivity index (χ2v) is 4.51. The Labute approximate surface area is 83.1 Å². The summed E-state index contributed by atoms with van der Waals surface area (Å²) >= 11 is 0. The molecule has 4 unspecified atom stereocenters. The van der Waals surface area contributed by atoms with E-state index in [1.807, 2.05) is 6.20 Å². The van der Waals surface area contributed by atoms with E-state index in [0.29, 0.717) is 23.8 Å². The van der Waals surface area contributed by atoms with Gasteiger partial charge in [0, 0.05) is 30.8 Å². The molecule has 2 aliphatic rings. The van der Waals surface area contributed by atoms with Crippen LogP contribution in [0, 0.1) is 17.8 Å². The Morgan fingerprint density at radius 2 is 2.50 bits per heavy atom. The molecule has 2 heterocycles. The first-order valence-electron chi connectivity index (χ1n) is 5.30. The lowest BCUT2D eigenvalue weighted by Crippen LogP contribution is -2.07. The van der Waals surface area contributed by atoms with Crippen molar-refractivity contribution < 1.29 is 4.79 Å². The van der Waals surface area contributed by atoms with Crippen molar-refractivity contribution >= 4 is 6.29 Å². The third-order valence-electron chi connectivity index (χ3n) is 3.89. The highest BCUT2D eigenvalue weighted by Gasteiger charge is 2.52. The molecule has 74 valence electrons. The summed E-state index contributed by atoms with van der Waals surface area (Å²) in [6.07, 6.45) is 7.30. The van der Waals surface area contributed by atoms with E-state index in [-0.39, 0.29) is 0 Å². The minimum absolute atomic E-state index is 0.299. The van der Waals surface area contributed by atoms with Crippen LogP contribution in [0.4, 0.5) is 0 Å². The summed E-state index contributed by atoms with van der Waals surface area (Å²) in [5.41, 5.74) is 0. The van der Waals surface area contributed by atoms with Crippen LogP contribution in [0.15, 0.2) is 12.4 Å². The summed E-state index contributed by atoms with van der Waals surface area (Å²) in [4.78, 5) is 15.1. The smallest absolute Gasteiger partial charge is 0.123 e. The minimum atomic E-state index is 0.299. The van der Waals surface area contributed by atoms with E-state index in [9.17, 15) is 4.79 Å². The van der Waals surface area contributed by atoms with E-state index in [2.05, 4.69) is 22.7 Å². The number of aldehydes is 1. The maximum absolute atomic E-state index is 10.8. The highest BCUT2D eigenvalue weighted by molar-refractivity contribution is 5.59. The normalized spacial score (nSPS) is 39.5. The number of rotatable bonds is 2. The lowest BCUT2D eigenvalue weighted by molar-refractivity contribution is -0.109. The minimum Gasteiger partial charge on any atom is -0.332 e. The predicted molar refractivity (Wildman–Crippen MR) is 51.8 cm³/mol. The van der Waals surface area contributed by atoms with Gasteiger partial charge in [0.05, 0.1) is 0 Å². The molecule has 1 aromatic heterocycles. The van der Waals surface area contributed by atoms with Crippen LogP contribution in [0.25, 0.3) is 0 Å². The van der Waals surface area contributed by atoms with Crippen molar-refractivity contribution in [2.75, 3.05) is 0 Å². The second-order valence-electron chi connectivity index (χ2n) is 4.51. The zero-order valence-corrected chi connectivity index (χ0v) is 8.26. The molecule has 0 N–H and O–H groups in total. The van der Waals surface area contributed by atoms with Crippen molar-refractivity contribution in [3.63, 3.8) is 0 Å². The number of imidazole rings is 1. The Kier molecular flexibility index (Phi) is 1.58. The molecular formula is C11H14N2O. The Balaban J connectivity index is 1.86. The molecule has 1 aromatic rings. The van der Waals surface area contributed by atoms with Crippen molar-refractivity contribution in [1.29, 1.82) is 0 Å². The molecule has 3 heteroatoms. The number of aryl methyl sites for hydroxylation is 1. The topological polar surface area (TPSA) is 34.9 Å². The first-order chi connectivity index (χ1) is 6.83. The van der Waals surface area contributed by atoms with Gasteiger partial charge in [-0.1, -0.05) is 6.92 Å². The van der Waals surface area contributed by atoms with Gasteiger partial charge in [0.15, 0.2) is 0 Å². The van der Waals surface area contributed by atoms with Crippen molar-refractivity contribution in [2.45, 2.75) is 25.8 Å². The molecule has 14 heavy (non-hydrogen) atoms. The Morgan fingerprint density at radius 1 is 1.64 bits per heavy atom. The molecule has 4 atom stereocenters. The van der Waals surface area contributed by atoms with Gasteiger partial charge >= 0.3 is 0 Å². The third-order valence-corrected chi connectivity index (χ3v) is 3.89. The summed E-state index contributed by atoms with van der Waals surface area (Å²) in [6, 6.07) is 0.540. The molecular weight excluding hydrogens is 176 g/mol. The third kappa shape index (κ3) is 0.925. The zero-order chi connectivity index (χ0) is 9.71. The van der Waals surface area contributed by atoms with Crippen molar-refractivity contribution in [3.8, 4) is 0 Å². The van der Waals surface area contributed by atoms with E-state index in [0.717, 1.165) is 12.7 Å². The lowest BCUT2D eigenvalue weighted by Gasteiger charge is -2.11. The first-order valence-corrected chi connectivity index (χ1v) is 5.30. The zero-order valence-electron chi connectivity index (χ0n) is 8.26. The molecule has 0 amide bonds. The monoisotopic (exact) mass is 190 g/mol. The van der Waals surface area contributed by atoms with Gasteiger partial charge in [-0.2, -0.15) is 0 Å². The molecule has 0 bridgehead atoms. The van der Waals surface area contributed by atoms with Crippen LogP contribution >= 0.6 is 0 Å². The summed E-state index contributed by atoms with van der Waals surface area (Å²) in [5.74, 6) is 2.64. The molecule has 0 saturated heterocycles. The van der Waals surface area contributed by atoms with E-state index in [1.165, 1.54) is 12.2 Å². The SMILES string of the molecule is CC1C(C=O)C1C1CCc2nccn21. The molecule has 3 nitrogen and oxygen atoms in total. The summed E-state index contributed by atoms with van der Waals surface area (Å²) in [7, 11) is 0. The molecule has 1 saturated carbocycles. The van der Waals surface area contributed by atoms with Gasteiger partial charge in [-0.3, -0.25) is 0 Å². The molecule has 1 aliphatic carbocycles. The summed E-state index contributed by atoms with van der Waals surface area (Å²) < 4.78 is 2.27. The fraction of sp³-hybridized carbons (Fsp3) is 0.636. The molecule has 0 spiro atoms.